The maximum atomic E-state index is 11.5. The smallest absolute Gasteiger partial charge is 0.312 e. The van der Waals surface area contributed by atoms with Crippen LogP contribution in [0.15, 0.2) is 18.3 Å². The molecule has 1 aromatic heterocycles. The highest BCUT2D eigenvalue weighted by molar-refractivity contribution is 5.76. The lowest BCUT2D eigenvalue weighted by molar-refractivity contribution is -0.151. The molecule has 0 aromatic carbocycles. The zero-order valence-corrected chi connectivity index (χ0v) is 10.4. The van der Waals surface area contributed by atoms with Gasteiger partial charge in [0.15, 0.2) is 0 Å². The predicted molar refractivity (Wildman–Crippen MR) is 62.9 cm³/mol. The van der Waals surface area contributed by atoms with Gasteiger partial charge in [0.25, 0.3) is 0 Å². The minimum Gasteiger partial charge on any atom is -0.469 e. The van der Waals surface area contributed by atoms with E-state index in [2.05, 4.69) is 9.88 Å². The van der Waals surface area contributed by atoms with Gasteiger partial charge in [-0.05, 0) is 33.0 Å². The number of esters is 1. The van der Waals surface area contributed by atoms with Crippen molar-refractivity contribution in [2.75, 3.05) is 20.7 Å². The van der Waals surface area contributed by atoms with E-state index >= 15 is 0 Å². The minimum atomic E-state index is -0.476. The van der Waals surface area contributed by atoms with Crippen molar-refractivity contribution in [3.05, 3.63) is 24.0 Å². The molecule has 0 unspecified atom stereocenters. The summed E-state index contributed by atoms with van der Waals surface area (Å²) in [4.78, 5) is 16.8. The molecule has 1 heterocycles. The third kappa shape index (κ3) is 3.38. The number of carbonyl (C=O) groups excluding carboxylic acids is 1. The lowest BCUT2D eigenvalue weighted by Crippen LogP contribution is -2.37. The van der Waals surface area contributed by atoms with Crippen LogP contribution in [-0.2, 0) is 16.1 Å². The first kappa shape index (κ1) is 12.8. The first-order valence-corrected chi connectivity index (χ1v) is 5.35. The normalized spacial score (nSPS) is 11.8. The lowest BCUT2D eigenvalue weighted by atomic mass is 9.93. The Morgan fingerprint density at radius 3 is 2.75 bits per heavy atom. The SMILES string of the molecule is COC(=O)C(C)(C)CN(C)Cc1ccc[nH]1. The minimum absolute atomic E-state index is 0.175. The number of nitrogens with zero attached hydrogens (tertiary/aromatic N) is 1. The number of nitrogens with one attached hydrogen (secondary N) is 1. The highest BCUT2D eigenvalue weighted by atomic mass is 16.5. The standard InChI is InChI=1S/C12H20N2O2/c1-12(2,11(15)16-4)9-14(3)8-10-6-5-7-13-10/h5-7,13H,8-9H2,1-4H3. The van der Waals surface area contributed by atoms with Gasteiger partial charge in [-0.25, -0.2) is 0 Å². The molecule has 0 radical (unpaired) electrons. The largest absolute Gasteiger partial charge is 0.469 e. The van der Waals surface area contributed by atoms with Crippen molar-refractivity contribution in [3.8, 4) is 0 Å². The van der Waals surface area contributed by atoms with Crippen LogP contribution >= 0.6 is 0 Å². The fourth-order valence-corrected chi connectivity index (χ4v) is 1.83. The second kappa shape index (κ2) is 5.16. The summed E-state index contributed by atoms with van der Waals surface area (Å²) in [5.41, 5.74) is 0.666. The Morgan fingerprint density at radius 2 is 2.25 bits per heavy atom. The summed E-state index contributed by atoms with van der Waals surface area (Å²) in [5, 5.41) is 0. The second-order valence-electron chi connectivity index (χ2n) is 4.74. The van der Waals surface area contributed by atoms with Gasteiger partial charge in [-0.2, -0.15) is 0 Å². The highest BCUT2D eigenvalue weighted by Crippen LogP contribution is 2.19. The molecule has 90 valence electrons. The Hall–Kier alpha value is -1.29. The molecule has 0 fully saturated rings. The summed E-state index contributed by atoms with van der Waals surface area (Å²) in [6, 6.07) is 4.00. The van der Waals surface area contributed by atoms with Crippen molar-refractivity contribution in [1.82, 2.24) is 9.88 Å². The molecule has 0 bridgehead atoms. The molecule has 0 atom stereocenters. The number of H-pyrrole nitrogens is 1. The molecular formula is C12H20N2O2. The molecule has 0 aliphatic rings. The van der Waals surface area contributed by atoms with E-state index in [-0.39, 0.29) is 5.97 Å². The molecule has 4 nitrogen and oxygen atoms in total. The number of ether oxygens (including phenoxy) is 1. The van der Waals surface area contributed by atoms with Gasteiger partial charge in [0.1, 0.15) is 0 Å². The van der Waals surface area contributed by atoms with Crippen LogP contribution in [0.3, 0.4) is 0 Å². The summed E-state index contributed by atoms with van der Waals surface area (Å²) in [5.74, 6) is -0.175. The Kier molecular flexibility index (Phi) is 4.12. The Labute approximate surface area is 96.6 Å². The molecule has 4 heteroatoms. The number of carbonyl (C=O) groups is 1. The first-order chi connectivity index (χ1) is 7.45. The Morgan fingerprint density at radius 1 is 1.56 bits per heavy atom. The molecule has 16 heavy (non-hydrogen) atoms. The molecular weight excluding hydrogens is 204 g/mol. The number of aromatic nitrogens is 1. The molecule has 0 amide bonds. The number of aromatic amines is 1. The van der Waals surface area contributed by atoms with E-state index in [1.54, 1.807) is 0 Å². The summed E-state index contributed by atoms with van der Waals surface area (Å²) in [6.45, 7) is 5.25. The lowest BCUT2D eigenvalue weighted by Gasteiger charge is -2.27. The summed E-state index contributed by atoms with van der Waals surface area (Å²) >= 11 is 0. The van der Waals surface area contributed by atoms with Gasteiger partial charge < -0.3 is 9.72 Å². The predicted octanol–water partition coefficient (Wildman–Crippen LogP) is 1.65. The van der Waals surface area contributed by atoms with Crippen molar-refractivity contribution < 1.29 is 9.53 Å². The molecule has 1 N–H and O–H groups in total. The zero-order valence-electron chi connectivity index (χ0n) is 10.4. The molecule has 0 saturated heterocycles. The average Bonchev–Trinajstić information content (AvgIpc) is 2.67. The van der Waals surface area contributed by atoms with E-state index in [1.165, 1.54) is 7.11 Å². The maximum Gasteiger partial charge on any atom is 0.312 e. The van der Waals surface area contributed by atoms with E-state index in [0.29, 0.717) is 6.54 Å². The molecule has 0 aliphatic heterocycles. The fourth-order valence-electron chi connectivity index (χ4n) is 1.83. The van der Waals surface area contributed by atoms with Crippen LogP contribution in [0, 0.1) is 5.41 Å². The van der Waals surface area contributed by atoms with E-state index in [0.717, 1.165) is 12.2 Å². The van der Waals surface area contributed by atoms with E-state index in [4.69, 9.17) is 4.74 Å². The fraction of sp³-hybridized carbons (Fsp3) is 0.583. The van der Waals surface area contributed by atoms with E-state index in [9.17, 15) is 4.79 Å². The van der Waals surface area contributed by atoms with Crippen molar-refractivity contribution in [2.24, 2.45) is 5.41 Å². The summed E-state index contributed by atoms with van der Waals surface area (Å²) in [6.07, 6.45) is 1.90. The van der Waals surface area contributed by atoms with Gasteiger partial charge in [-0.15, -0.1) is 0 Å². The number of methoxy groups -OCH3 is 1. The van der Waals surface area contributed by atoms with Crippen LogP contribution in [0.1, 0.15) is 19.5 Å². The molecule has 1 aromatic rings. The number of hydrogen-bond donors (Lipinski definition) is 1. The van der Waals surface area contributed by atoms with Crippen LogP contribution in [0.5, 0.6) is 0 Å². The number of rotatable bonds is 5. The van der Waals surface area contributed by atoms with Crippen molar-refractivity contribution in [3.63, 3.8) is 0 Å². The van der Waals surface area contributed by atoms with Crippen molar-refractivity contribution in [1.29, 1.82) is 0 Å². The Balaban J connectivity index is 2.50. The number of hydrogen-bond acceptors (Lipinski definition) is 3. The van der Waals surface area contributed by atoms with Gasteiger partial charge in [-0.1, -0.05) is 0 Å². The van der Waals surface area contributed by atoms with E-state index < -0.39 is 5.41 Å². The van der Waals surface area contributed by atoms with Gasteiger partial charge in [0, 0.05) is 25.0 Å². The van der Waals surface area contributed by atoms with Crippen LogP contribution in [0.25, 0.3) is 0 Å². The molecule has 0 aliphatic carbocycles. The highest BCUT2D eigenvalue weighted by Gasteiger charge is 2.30. The third-order valence-corrected chi connectivity index (χ3v) is 2.51. The molecule has 0 saturated carbocycles. The molecule has 0 spiro atoms. The van der Waals surface area contributed by atoms with Crippen LogP contribution in [0.2, 0.25) is 0 Å². The summed E-state index contributed by atoms with van der Waals surface area (Å²) in [7, 11) is 3.42. The monoisotopic (exact) mass is 224 g/mol. The van der Waals surface area contributed by atoms with Gasteiger partial charge in [0.05, 0.1) is 12.5 Å². The topological polar surface area (TPSA) is 45.3 Å². The van der Waals surface area contributed by atoms with Crippen LogP contribution in [0.4, 0.5) is 0 Å². The maximum absolute atomic E-state index is 11.5. The average molecular weight is 224 g/mol. The third-order valence-electron chi connectivity index (χ3n) is 2.51. The van der Waals surface area contributed by atoms with Crippen LogP contribution < -0.4 is 0 Å². The summed E-state index contributed by atoms with van der Waals surface area (Å²) < 4.78 is 4.78. The van der Waals surface area contributed by atoms with Gasteiger partial charge in [0.2, 0.25) is 0 Å². The zero-order chi connectivity index (χ0) is 12.2. The van der Waals surface area contributed by atoms with Crippen molar-refractivity contribution in [2.45, 2.75) is 20.4 Å². The van der Waals surface area contributed by atoms with Gasteiger partial charge >= 0.3 is 5.97 Å². The van der Waals surface area contributed by atoms with Crippen LogP contribution in [-0.4, -0.2) is 36.6 Å². The Bertz CT molecular complexity index is 331. The first-order valence-electron chi connectivity index (χ1n) is 5.35. The van der Waals surface area contributed by atoms with Gasteiger partial charge in [-0.3, -0.25) is 9.69 Å². The van der Waals surface area contributed by atoms with Crippen molar-refractivity contribution >= 4 is 5.97 Å². The van der Waals surface area contributed by atoms with E-state index in [1.807, 2.05) is 39.2 Å². The molecule has 1 rings (SSSR count). The second-order valence-corrected chi connectivity index (χ2v) is 4.74. The quantitative estimate of drug-likeness (QED) is 0.773.